The fraction of sp³-hybridized carbons (Fsp3) is 0.357. The zero-order chi connectivity index (χ0) is 13.7. The van der Waals surface area contributed by atoms with Gasteiger partial charge < -0.3 is 5.32 Å². The second-order valence-electron chi connectivity index (χ2n) is 4.34. The zero-order valence-corrected chi connectivity index (χ0v) is 12.7. The molecule has 1 aromatic heterocycles. The predicted molar refractivity (Wildman–Crippen MR) is 80.5 cm³/mol. The summed E-state index contributed by atoms with van der Waals surface area (Å²) in [6.07, 6.45) is 0.934. The van der Waals surface area contributed by atoms with Crippen LogP contribution in [0.3, 0.4) is 0 Å². The van der Waals surface area contributed by atoms with Gasteiger partial charge in [-0.05, 0) is 38.2 Å². The summed E-state index contributed by atoms with van der Waals surface area (Å²) >= 11 is 3.44. The van der Waals surface area contributed by atoms with E-state index in [9.17, 15) is 4.39 Å². The molecule has 5 heteroatoms. The largest absolute Gasteiger partial charge is 0.316 e. The van der Waals surface area contributed by atoms with Crippen molar-refractivity contribution in [3.63, 3.8) is 0 Å². The summed E-state index contributed by atoms with van der Waals surface area (Å²) in [4.78, 5) is 5.58. The van der Waals surface area contributed by atoms with Gasteiger partial charge in [0, 0.05) is 34.2 Å². The highest BCUT2D eigenvalue weighted by Gasteiger charge is 2.10. The van der Waals surface area contributed by atoms with E-state index in [-0.39, 0.29) is 5.82 Å². The molecule has 0 saturated heterocycles. The van der Waals surface area contributed by atoms with Gasteiger partial charge in [0.1, 0.15) is 5.82 Å². The highest BCUT2D eigenvalue weighted by molar-refractivity contribution is 7.99. The summed E-state index contributed by atoms with van der Waals surface area (Å²) < 4.78 is 12.8. The van der Waals surface area contributed by atoms with Gasteiger partial charge in [0.25, 0.3) is 0 Å². The fourth-order valence-electron chi connectivity index (χ4n) is 1.68. The number of thiazole rings is 1. The molecule has 1 N–H and O–H groups in total. The first-order valence-electron chi connectivity index (χ1n) is 6.14. The van der Waals surface area contributed by atoms with Crippen molar-refractivity contribution in [2.75, 3.05) is 12.8 Å². The summed E-state index contributed by atoms with van der Waals surface area (Å²) in [5, 5.41) is 6.56. The number of aromatic nitrogens is 1. The third-order valence-corrected chi connectivity index (χ3v) is 4.92. The summed E-state index contributed by atoms with van der Waals surface area (Å²) in [5.74, 6) is 0.758. The van der Waals surface area contributed by atoms with E-state index in [1.54, 1.807) is 23.1 Å². The summed E-state index contributed by atoms with van der Waals surface area (Å²) in [6.45, 7) is 2.02. The maximum atomic E-state index is 12.8. The van der Waals surface area contributed by atoms with Crippen LogP contribution in [0, 0.1) is 12.7 Å². The Labute approximate surface area is 121 Å². The van der Waals surface area contributed by atoms with Crippen molar-refractivity contribution in [1.29, 1.82) is 0 Å². The van der Waals surface area contributed by atoms with Gasteiger partial charge in [0.2, 0.25) is 0 Å². The lowest BCUT2D eigenvalue weighted by molar-refractivity contribution is 0.614. The minimum atomic E-state index is -0.187. The van der Waals surface area contributed by atoms with Crippen molar-refractivity contribution in [3.8, 4) is 0 Å². The minimum Gasteiger partial charge on any atom is -0.316 e. The van der Waals surface area contributed by atoms with Gasteiger partial charge in [-0.1, -0.05) is 0 Å². The van der Waals surface area contributed by atoms with Crippen molar-refractivity contribution < 1.29 is 4.39 Å². The number of rotatable bonds is 6. The molecular formula is C14H17FN2S2. The Morgan fingerprint density at radius 2 is 2.11 bits per heavy atom. The van der Waals surface area contributed by atoms with Gasteiger partial charge in [0.05, 0.1) is 5.01 Å². The number of thioether (sulfide) groups is 1. The number of halogens is 1. The molecule has 0 saturated carbocycles. The molecule has 2 aromatic rings. The lowest BCUT2D eigenvalue weighted by Crippen LogP contribution is -2.30. The number of hydrogen-bond acceptors (Lipinski definition) is 4. The smallest absolute Gasteiger partial charge is 0.123 e. The van der Waals surface area contributed by atoms with Crippen LogP contribution in [0.4, 0.5) is 4.39 Å². The number of aryl methyl sites for hydroxylation is 1. The normalized spacial score (nSPS) is 12.6. The molecule has 2 rings (SSSR count). The van der Waals surface area contributed by atoms with E-state index in [1.807, 2.05) is 26.1 Å². The van der Waals surface area contributed by atoms with Gasteiger partial charge in [-0.3, -0.25) is 0 Å². The van der Waals surface area contributed by atoms with Gasteiger partial charge in [-0.15, -0.1) is 23.1 Å². The molecule has 1 aromatic carbocycles. The molecule has 1 atom stereocenters. The standard InChI is InChI=1S/C14H17FN2S2/c1-10-8-19-14(17-10)7-12(16-2)9-18-13-5-3-11(15)4-6-13/h3-6,8,12,16H,7,9H2,1-2H3. The molecule has 0 bridgehead atoms. The van der Waals surface area contributed by atoms with Crippen LogP contribution in [0.25, 0.3) is 0 Å². The number of nitrogens with one attached hydrogen (secondary N) is 1. The van der Waals surface area contributed by atoms with Gasteiger partial charge in [-0.2, -0.15) is 0 Å². The zero-order valence-electron chi connectivity index (χ0n) is 11.0. The maximum Gasteiger partial charge on any atom is 0.123 e. The fourth-order valence-corrected chi connectivity index (χ4v) is 3.54. The average molecular weight is 296 g/mol. The van der Waals surface area contributed by atoms with Crippen molar-refractivity contribution in [1.82, 2.24) is 10.3 Å². The summed E-state index contributed by atoms with van der Waals surface area (Å²) in [5.41, 5.74) is 1.08. The van der Waals surface area contributed by atoms with E-state index in [4.69, 9.17) is 0 Å². The molecule has 0 aliphatic carbocycles. The molecule has 102 valence electrons. The van der Waals surface area contributed by atoms with Crippen molar-refractivity contribution >= 4 is 23.1 Å². The second-order valence-corrected chi connectivity index (χ2v) is 6.37. The lowest BCUT2D eigenvalue weighted by atomic mass is 10.2. The number of benzene rings is 1. The van der Waals surface area contributed by atoms with Crippen LogP contribution in [0.15, 0.2) is 34.5 Å². The Hall–Kier alpha value is -0.910. The second kappa shape index (κ2) is 7.03. The topological polar surface area (TPSA) is 24.9 Å². The number of likely N-dealkylation sites (N-methyl/N-ethyl adjacent to an activating group) is 1. The first-order valence-corrected chi connectivity index (χ1v) is 8.00. The highest BCUT2D eigenvalue weighted by Crippen LogP contribution is 2.20. The van der Waals surface area contributed by atoms with Crippen LogP contribution in [-0.4, -0.2) is 23.8 Å². The molecule has 1 heterocycles. The average Bonchev–Trinajstić information content (AvgIpc) is 2.82. The molecule has 0 aliphatic rings. The summed E-state index contributed by atoms with van der Waals surface area (Å²) in [6, 6.07) is 7.02. The van der Waals surface area contributed by atoms with Crippen LogP contribution in [0.2, 0.25) is 0 Å². The van der Waals surface area contributed by atoms with Gasteiger partial charge in [-0.25, -0.2) is 9.37 Å². The Morgan fingerprint density at radius 1 is 1.37 bits per heavy atom. The first-order chi connectivity index (χ1) is 9.17. The van der Waals surface area contributed by atoms with E-state index >= 15 is 0 Å². The lowest BCUT2D eigenvalue weighted by Gasteiger charge is -2.14. The predicted octanol–water partition coefficient (Wildman–Crippen LogP) is 3.51. The molecule has 1 unspecified atom stereocenters. The Morgan fingerprint density at radius 3 is 2.68 bits per heavy atom. The third-order valence-electron chi connectivity index (χ3n) is 2.76. The Balaban J connectivity index is 1.87. The molecule has 0 radical (unpaired) electrons. The maximum absolute atomic E-state index is 12.8. The highest BCUT2D eigenvalue weighted by atomic mass is 32.2. The van der Waals surface area contributed by atoms with Crippen LogP contribution in [0.1, 0.15) is 10.7 Å². The first kappa shape index (κ1) is 14.5. The van der Waals surface area contributed by atoms with Crippen LogP contribution in [-0.2, 0) is 6.42 Å². The van der Waals surface area contributed by atoms with Crippen molar-refractivity contribution in [2.45, 2.75) is 24.3 Å². The van der Waals surface area contributed by atoms with E-state index in [0.29, 0.717) is 6.04 Å². The van der Waals surface area contributed by atoms with Crippen LogP contribution < -0.4 is 5.32 Å². The SMILES string of the molecule is CNC(CSc1ccc(F)cc1)Cc1nc(C)cs1. The minimum absolute atomic E-state index is 0.187. The molecule has 0 spiro atoms. The van der Waals surface area contributed by atoms with Crippen LogP contribution >= 0.6 is 23.1 Å². The molecule has 19 heavy (non-hydrogen) atoms. The number of hydrogen-bond donors (Lipinski definition) is 1. The van der Waals surface area contributed by atoms with E-state index in [2.05, 4.69) is 15.7 Å². The van der Waals surface area contributed by atoms with Gasteiger partial charge in [0.15, 0.2) is 0 Å². The molecule has 0 aliphatic heterocycles. The molecular weight excluding hydrogens is 279 g/mol. The van der Waals surface area contributed by atoms with E-state index < -0.39 is 0 Å². The molecule has 0 amide bonds. The van der Waals surface area contributed by atoms with Gasteiger partial charge >= 0.3 is 0 Å². The monoisotopic (exact) mass is 296 g/mol. The third kappa shape index (κ3) is 4.60. The Bertz CT molecular complexity index is 510. The van der Waals surface area contributed by atoms with E-state index in [1.165, 1.54) is 12.1 Å². The Kier molecular flexibility index (Phi) is 5.36. The molecule has 0 fully saturated rings. The van der Waals surface area contributed by atoms with Crippen molar-refractivity contribution in [3.05, 3.63) is 46.2 Å². The van der Waals surface area contributed by atoms with Crippen molar-refractivity contribution in [2.24, 2.45) is 0 Å². The quantitative estimate of drug-likeness (QED) is 0.826. The number of nitrogens with zero attached hydrogens (tertiary/aromatic N) is 1. The molecule has 2 nitrogen and oxygen atoms in total. The summed E-state index contributed by atoms with van der Waals surface area (Å²) in [7, 11) is 1.97. The van der Waals surface area contributed by atoms with Crippen LogP contribution in [0.5, 0.6) is 0 Å². The van der Waals surface area contributed by atoms with E-state index in [0.717, 1.165) is 27.8 Å².